The smallest absolute Gasteiger partial charge is 0.250 e. The van der Waals surface area contributed by atoms with Crippen molar-refractivity contribution in [3.05, 3.63) is 90.0 Å². The third-order valence-corrected chi connectivity index (χ3v) is 7.54. The van der Waals surface area contributed by atoms with Gasteiger partial charge in [0.1, 0.15) is 0 Å². The van der Waals surface area contributed by atoms with Gasteiger partial charge in [-0.25, -0.2) is 5.43 Å². The second-order valence-corrected chi connectivity index (χ2v) is 11.1. The lowest BCUT2D eigenvalue weighted by Gasteiger charge is -2.19. The van der Waals surface area contributed by atoms with Crippen LogP contribution in [0.25, 0.3) is 32.9 Å². The number of thioether (sulfide) groups is 1. The number of carbonyl (C=O) groups excluding carboxylic acids is 1. The van der Waals surface area contributed by atoms with Crippen LogP contribution >= 0.6 is 11.8 Å². The van der Waals surface area contributed by atoms with Crippen LogP contribution in [0.4, 0.5) is 0 Å². The average molecular weight is 522 g/mol. The van der Waals surface area contributed by atoms with Gasteiger partial charge in [-0.2, -0.15) is 5.10 Å². The minimum absolute atomic E-state index is 0.0918. The van der Waals surface area contributed by atoms with Crippen molar-refractivity contribution in [3.8, 4) is 11.4 Å². The number of hydrogen-bond donors (Lipinski definition) is 1. The number of benzene rings is 4. The van der Waals surface area contributed by atoms with Crippen LogP contribution in [0, 0.1) is 0 Å². The van der Waals surface area contributed by atoms with Crippen LogP contribution in [-0.2, 0) is 16.8 Å². The predicted molar refractivity (Wildman–Crippen MR) is 158 cm³/mol. The van der Waals surface area contributed by atoms with Gasteiger partial charge in [0.2, 0.25) is 0 Å². The summed E-state index contributed by atoms with van der Waals surface area (Å²) < 4.78 is 2.04. The van der Waals surface area contributed by atoms with E-state index in [1.165, 1.54) is 17.3 Å². The SMILES string of the molecule is CCn1c(SCC(=O)NN=Cc2c3ccccc3cc3ccccc23)nnc1-c1ccc(C(C)(C)C)cc1. The number of carbonyl (C=O) groups is 1. The summed E-state index contributed by atoms with van der Waals surface area (Å²) in [6, 6.07) is 27.0. The van der Waals surface area contributed by atoms with E-state index in [1.807, 2.05) is 28.8 Å². The van der Waals surface area contributed by atoms with Gasteiger partial charge in [-0.15, -0.1) is 10.2 Å². The molecule has 1 amide bonds. The van der Waals surface area contributed by atoms with Crippen LogP contribution in [0.3, 0.4) is 0 Å². The summed E-state index contributed by atoms with van der Waals surface area (Å²) in [6.45, 7) is 9.36. The van der Waals surface area contributed by atoms with E-state index in [0.29, 0.717) is 11.7 Å². The second kappa shape index (κ2) is 10.8. The Morgan fingerprint density at radius 3 is 2.18 bits per heavy atom. The highest BCUT2D eigenvalue weighted by atomic mass is 32.2. The number of fused-ring (bicyclic) bond motifs is 2. The van der Waals surface area contributed by atoms with E-state index in [2.05, 4.69) is 103 Å². The van der Waals surface area contributed by atoms with Crippen LogP contribution in [0.1, 0.15) is 38.8 Å². The molecule has 0 fully saturated rings. The fraction of sp³-hybridized carbons (Fsp3) is 0.226. The standard InChI is InChI=1S/C31H31N5OS/c1-5-36-29(21-14-16-24(17-15-21)31(2,3)4)34-35-30(36)38-20-28(37)33-32-19-27-25-12-8-6-10-22(25)18-23-11-7-9-13-26(23)27/h6-19H,5,20H2,1-4H3,(H,33,37). The lowest BCUT2D eigenvalue weighted by atomic mass is 9.87. The van der Waals surface area contributed by atoms with Gasteiger partial charge in [0, 0.05) is 17.7 Å². The molecule has 1 heterocycles. The molecular weight excluding hydrogens is 490 g/mol. The molecule has 6 nitrogen and oxygen atoms in total. The maximum atomic E-state index is 12.6. The molecule has 0 atom stereocenters. The molecule has 0 aliphatic carbocycles. The summed E-state index contributed by atoms with van der Waals surface area (Å²) >= 11 is 1.36. The Balaban J connectivity index is 1.28. The molecule has 38 heavy (non-hydrogen) atoms. The van der Waals surface area contributed by atoms with E-state index >= 15 is 0 Å². The zero-order valence-corrected chi connectivity index (χ0v) is 22.9. The summed E-state index contributed by atoms with van der Waals surface area (Å²) in [5, 5.41) is 18.2. The lowest BCUT2D eigenvalue weighted by Crippen LogP contribution is -2.20. The first-order chi connectivity index (χ1) is 18.3. The highest BCUT2D eigenvalue weighted by Crippen LogP contribution is 2.29. The molecule has 0 bridgehead atoms. The van der Waals surface area contributed by atoms with Gasteiger partial charge in [0.15, 0.2) is 11.0 Å². The van der Waals surface area contributed by atoms with Gasteiger partial charge in [-0.05, 0) is 45.5 Å². The highest BCUT2D eigenvalue weighted by Gasteiger charge is 2.17. The quantitative estimate of drug-likeness (QED) is 0.110. The van der Waals surface area contributed by atoms with E-state index < -0.39 is 0 Å². The Bertz CT molecular complexity index is 1580. The van der Waals surface area contributed by atoms with Crippen LogP contribution in [-0.4, -0.2) is 32.6 Å². The molecule has 7 heteroatoms. The Labute approximate surface area is 227 Å². The van der Waals surface area contributed by atoms with Crippen molar-refractivity contribution in [2.45, 2.75) is 44.8 Å². The topological polar surface area (TPSA) is 72.2 Å². The third-order valence-electron chi connectivity index (χ3n) is 6.57. The zero-order chi connectivity index (χ0) is 26.7. The Morgan fingerprint density at radius 2 is 1.58 bits per heavy atom. The molecule has 0 unspecified atom stereocenters. The maximum Gasteiger partial charge on any atom is 0.250 e. The molecule has 1 aromatic heterocycles. The normalized spacial score (nSPS) is 12.0. The van der Waals surface area contributed by atoms with Crippen molar-refractivity contribution in [1.29, 1.82) is 0 Å². The summed E-state index contributed by atoms with van der Waals surface area (Å²) in [5.74, 6) is 0.795. The first kappa shape index (κ1) is 25.7. The van der Waals surface area contributed by atoms with Crippen molar-refractivity contribution in [2.24, 2.45) is 5.10 Å². The lowest BCUT2D eigenvalue weighted by molar-refractivity contribution is -0.118. The Morgan fingerprint density at radius 1 is 0.947 bits per heavy atom. The first-order valence-electron chi connectivity index (χ1n) is 12.7. The molecule has 0 radical (unpaired) electrons. The molecule has 1 N–H and O–H groups in total. The molecule has 4 aromatic carbocycles. The fourth-order valence-electron chi connectivity index (χ4n) is 4.53. The fourth-order valence-corrected chi connectivity index (χ4v) is 5.33. The number of amides is 1. The third kappa shape index (κ3) is 5.34. The van der Waals surface area contributed by atoms with Gasteiger partial charge in [-0.3, -0.25) is 4.79 Å². The maximum absolute atomic E-state index is 12.6. The molecule has 0 saturated heterocycles. The Kier molecular flexibility index (Phi) is 7.29. The second-order valence-electron chi connectivity index (χ2n) is 10.2. The largest absolute Gasteiger partial charge is 0.302 e. The number of rotatable bonds is 7. The van der Waals surface area contributed by atoms with Crippen molar-refractivity contribution >= 4 is 45.4 Å². The van der Waals surface area contributed by atoms with E-state index in [4.69, 9.17) is 0 Å². The number of nitrogens with zero attached hydrogens (tertiary/aromatic N) is 4. The molecule has 0 aliphatic heterocycles. The van der Waals surface area contributed by atoms with Crippen LogP contribution in [0.5, 0.6) is 0 Å². The Hall–Kier alpha value is -3.97. The van der Waals surface area contributed by atoms with Crippen LogP contribution in [0.15, 0.2) is 89.1 Å². The van der Waals surface area contributed by atoms with Crippen molar-refractivity contribution < 1.29 is 4.79 Å². The van der Waals surface area contributed by atoms with Gasteiger partial charge >= 0.3 is 0 Å². The molecule has 0 aliphatic rings. The van der Waals surface area contributed by atoms with Crippen molar-refractivity contribution in [1.82, 2.24) is 20.2 Å². The van der Waals surface area contributed by atoms with Gasteiger partial charge in [-0.1, -0.05) is 105 Å². The number of hydrogen-bond acceptors (Lipinski definition) is 5. The van der Waals surface area contributed by atoms with Crippen molar-refractivity contribution in [2.75, 3.05) is 5.75 Å². The van der Waals surface area contributed by atoms with E-state index in [-0.39, 0.29) is 17.1 Å². The zero-order valence-electron chi connectivity index (χ0n) is 22.1. The molecule has 192 valence electrons. The van der Waals surface area contributed by atoms with E-state index in [1.54, 1.807) is 6.21 Å². The number of hydrazone groups is 1. The average Bonchev–Trinajstić information content (AvgIpc) is 3.34. The van der Waals surface area contributed by atoms with Crippen LogP contribution in [0.2, 0.25) is 0 Å². The highest BCUT2D eigenvalue weighted by molar-refractivity contribution is 7.99. The molecular formula is C31H31N5OS. The number of aromatic nitrogens is 3. The number of nitrogens with one attached hydrogen (secondary N) is 1. The van der Waals surface area contributed by atoms with Crippen molar-refractivity contribution in [3.63, 3.8) is 0 Å². The molecule has 0 saturated carbocycles. The summed E-state index contributed by atoms with van der Waals surface area (Å²) in [7, 11) is 0. The summed E-state index contributed by atoms with van der Waals surface area (Å²) in [6.07, 6.45) is 1.74. The monoisotopic (exact) mass is 521 g/mol. The molecule has 0 spiro atoms. The predicted octanol–water partition coefficient (Wildman–Crippen LogP) is 6.81. The van der Waals surface area contributed by atoms with E-state index in [9.17, 15) is 4.79 Å². The van der Waals surface area contributed by atoms with Gasteiger partial charge in [0.25, 0.3) is 5.91 Å². The summed E-state index contributed by atoms with van der Waals surface area (Å²) in [5.41, 5.74) is 6.04. The van der Waals surface area contributed by atoms with Gasteiger partial charge in [0.05, 0.1) is 12.0 Å². The minimum Gasteiger partial charge on any atom is -0.302 e. The minimum atomic E-state index is -0.197. The van der Waals surface area contributed by atoms with E-state index in [0.717, 1.165) is 38.5 Å². The molecule has 5 rings (SSSR count). The molecule has 5 aromatic rings. The van der Waals surface area contributed by atoms with Gasteiger partial charge < -0.3 is 4.57 Å². The van der Waals surface area contributed by atoms with Crippen LogP contribution < -0.4 is 5.43 Å². The summed E-state index contributed by atoms with van der Waals surface area (Å²) in [4.78, 5) is 12.6. The first-order valence-corrected chi connectivity index (χ1v) is 13.7.